The molecule has 132 valence electrons. The zero-order chi connectivity index (χ0) is 17.6. The van der Waals surface area contributed by atoms with Crippen molar-refractivity contribution in [1.82, 2.24) is 9.88 Å². The van der Waals surface area contributed by atoms with Gasteiger partial charge in [0.15, 0.2) is 17.6 Å². The first-order valence-corrected chi connectivity index (χ1v) is 8.30. The maximum Gasteiger partial charge on any atom is 0.249 e. The number of hydrogen-bond donors (Lipinski definition) is 1. The Hall–Kier alpha value is -2.09. The van der Waals surface area contributed by atoms with E-state index in [1.807, 2.05) is 0 Å². The number of halogens is 1. The molecule has 0 unspecified atom stereocenters. The second kappa shape index (κ2) is 6.33. The van der Waals surface area contributed by atoms with Crippen molar-refractivity contribution in [2.75, 3.05) is 26.9 Å². The molecule has 7 nitrogen and oxygen atoms in total. The number of amides is 1. The predicted molar refractivity (Wildman–Crippen MR) is 89.9 cm³/mol. The molecule has 8 heteroatoms. The lowest BCUT2D eigenvalue weighted by molar-refractivity contribution is -0.135. The van der Waals surface area contributed by atoms with Crippen LogP contribution in [0.5, 0.6) is 11.5 Å². The Kier molecular flexibility index (Phi) is 4.15. The Balaban J connectivity index is 1.83. The highest BCUT2D eigenvalue weighted by atomic mass is 35.5. The quantitative estimate of drug-likeness (QED) is 0.889. The lowest BCUT2D eigenvalue weighted by atomic mass is 10.0. The van der Waals surface area contributed by atoms with E-state index in [1.54, 1.807) is 17.2 Å². The van der Waals surface area contributed by atoms with Crippen LogP contribution in [0.15, 0.2) is 12.3 Å². The molecule has 0 fully saturated rings. The van der Waals surface area contributed by atoms with E-state index >= 15 is 0 Å². The Morgan fingerprint density at radius 3 is 3.08 bits per heavy atom. The molecule has 2 aliphatic rings. The van der Waals surface area contributed by atoms with Crippen molar-refractivity contribution >= 4 is 28.4 Å². The van der Waals surface area contributed by atoms with Crippen LogP contribution in [0.3, 0.4) is 0 Å². The number of pyridine rings is 1. The summed E-state index contributed by atoms with van der Waals surface area (Å²) in [6.45, 7) is 1.03. The van der Waals surface area contributed by atoms with E-state index in [2.05, 4.69) is 4.98 Å². The summed E-state index contributed by atoms with van der Waals surface area (Å²) < 4.78 is 16.5. The number of fused-ring (bicyclic) bond motifs is 5. The van der Waals surface area contributed by atoms with Crippen molar-refractivity contribution in [3.8, 4) is 11.5 Å². The van der Waals surface area contributed by atoms with E-state index in [9.17, 15) is 9.90 Å². The molecule has 1 aromatic carbocycles. The van der Waals surface area contributed by atoms with Crippen LogP contribution >= 0.6 is 11.6 Å². The lowest BCUT2D eigenvalue weighted by Gasteiger charge is -2.27. The highest BCUT2D eigenvalue weighted by Crippen LogP contribution is 2.46. The number of rotatable bonds is 3. The van der Waals surface area contributed by atoms with Crippen LogP contribution in [0, 0.1) is 0 Å². The predicted octanol–water partition coefficient (Wildman–Crippen LogP) is 1.51. The molecule has 2 aliphatic heterocycles. The van der Waals surface area contributed by atoms with Crippen molar-refractivity contribution in [3.63, 3.8) is 0 Å². The fourth-order valence-corrected chi connectivity index (χ4v) is 3.49. The summed E-state index contributed by atoms with van der Waals surface area (Å²) in [6.07, 6.45) is 1.30. The van der Waals surface area contributed by atoms with Gasteiger partial charge < -0.3 is 24.2 Å². The first-order chi connectivity index (χ1) is 12.1. The highest BCUT2D eigenvalue weighted by Gasteiger charge is 2.31. The van der Waals surface area contributed by atoms with Gasteiger partial charge in [0.2, 0.25) is 5.91 Å². The summed E-state index contributed by atoms with van der Waals surface area (Å²) in [5.74, 6) is 0.856. The summed E-state index contributed by atoms with van der Waals surface area (Å²) in [5.41, 5.74) is 2.59. The number of nitrogens with zero attached hydrogens (tertiary/aromatic N) is 2. The highest BCUT2D eigenvalue weighted by molar-refractivity contribution is 6.33. The fraction of sp³-hybridized carbons (Fsp3) is 0.412. The van der Waals surface area contributed by atoms with Crippen LogP contribution in [-0.4, -0.2) is 53.9 Å². The Morgan fingerprint density at radius 2 is 2.32 bits per heavy atom. The van der Waals surface area contributed by atoms with Gasteiger partial charge in [-0.2, -0.15) is 0 Å². The van der Waals surface area contributed by atoms with E-state index in [4.69, 9.17) is 25.8 Å². The van der Waals surface area contributed by atoms with E-state index in [0.29, 0.717) is 35.1 Å². The van der Waals surface area contributed by atoms with Crippen molar-refractivity contribution < 1.29 is 24.1 Å². The molecule has 0 saturated carbocycles. The largest absolute Gasteiger partial charge is 0.484 e. The number of aliphatic hydroxyl groups is 1. The number of hydrogen-bond acceptors (Lipinski definition) is 6. The Morgan fingerprint density at radius 1 is 1.48 bits per heavy atom. The van der Waals surface area contributed by atoms with E-state index in [1.165, 1.54) is 7.11 Å². The second-order valence-corrected chi connectivity index (χ2v) is 6.50. The van der Waals surface area contributed by atoms with E-state index in [0.717, 1.165) is 16.5 Å². The zero-order valence-corrected chi connectivity index (χ0v) is 14.4. The molecule has 1 aromatic heterocycles. The van der Waals surface area contributed by atoms with Gasteiger partial charge in [-0.15, -0.1) is 0 Å². The van der Waals surface area contributed by atoms with Gasteiger partial charge in [0.1, 0.15) is 13.2 Å². The van der Waals surface area contributed by atoms with Gasteiger partial charge in [-0.3, -0.25) is 9.78 Å². The van der Waals surface area contributed by atoms with Crippen molar-refractivity contribution in [3.05, 3.63) is 28.4 Å². The molecule has 4 rings (SSSR count). The summed E-state index contributed by atoms with van der Waals surface area (Å²) in [5, 5.41) is 10.6. The minimum Gasteiger partial charge on any atom is -0.484 e. The van der Waals surface area contributed by atoms with Gasteiger partial charge in [0.05, 0.1) is 22.5 Å². The molecule has 0 radical (unpaired) electrons. The smallest absolute Gasteiger partial charge is 0.249 e. The molecule has 0 saturated heterocycles. The first kappa shape index (κ1) is 16.4. The standard InChI is InChI=1S/C17H17ClN2O5/c1-23-8-14(22)20-4-9-3-19-13-2-12(18)16-17(15(13)11(9)5-20)25-10(6-21)7-24-16/h2-3,10,21H,4-8H2,1H3/t10-/m0/s1. The third-order valence-corrected chi connectivity index (χ3v) is 4.73. The average Bonchev–Trinajstić information content (AvgIpc) is 3.05. The van der Waals surface area contributed by atoms with E-state index in [-0.39, 0.29) is 25.7 Å². The van der Waals surface area contributed by atoms with Gasteiger partial charge in [-0.1, -0.05) is 11.6 Å². The first-order valence-electron chi connectivity index (χ1n) is 7.92. The topological polar surface area (TPSA) is 81.1 Å². The number of aliphatic hydroxyl groups excluding tert-OH is 1. The van der Waals surface area contributed by atoms with Crippen LogP contribution < -0.4 is 9.47 Å². The summed E-state index contributed by atoms with van der Waals surface area (Å²) in [4.78, 5) is 18.3. The number of carbonyl (C=O) groups is 1. The van der Waals surface area contributed by atoms with E-state index < -0.39 is 6.10 Å². The maximum atomic E-state index is 12.2. The molecule has 3 heterocycles. The Labute approximate surface area is 149 Å². The van der Waals surface area contributed by atoms with Gasteiger partial charge in [0, 0.05) is 26.4 Å². The third-order valence-electron chi connectivity index (χ3n) is 4.45. The molecule has 25 heavy (non-hydrogen) atoms. The van der Waals surface area contributed by atoms with Gasteiger partial charge >= 0.3 is 0 Å². The normalized spacial score (nSPS) is 18.5. The molecule has 2 aromatic rings. The minimum atomic E-state index is -0.461. The number of ether oxygens (including phenoxy) is 3. The number of benzene rings is 1. The van der Waals surface area contributed by atoms with Crippen LogP contribution in [0.2, 0.25) is 5.02 Å². The van der Waals surface area contributed by atoms with Crippen LogP contribution in [0.25, 0.3) is 10.9 Å². The molecule has 1 amide bonds. The summed E-state index contributed by atoms with van der Waals surface area (Å²) in [7, 11) is 1.50. The van der Waals surface area contributed by atoms with Gasteiger partial charge in [0.25, 0.3) is 0 Å². The zero-order valence-electron chi connectivity index (χ0n) is 13.6. The lowest BCUT2D eigenvalue weighted by Crippen LogP contribution is -2.32. The molecule has 0 bridgehead atoms. The van der Waals surface area contributed by atoms with Crippen LogP contribution in [0.4, 0.5) is 0 Å². The minimum absolute atomic E-state index is 0.0372. The fourth-order valence-electron chi connectivity index (χ4n) is 3.25. The number of carbonyl (C=O) groups excluding carboxylic acids is 1. The van der Waals surface area contributed by atoms with Crippen molar-refractivity contribution in [2.24, 2.45) is 0 Å². The molecule has 1 N–H and O–H groups in total. The maximum absolute atomic E-state index is 12.2. The second-order valence-electron chi connectivity index (χ2n) is 6.09. The van der Waals surface area contributed by atoms with Gasteiger partial charge in [-0.25, -0.2) is 0 Å². The SMILES string of the molecule is COCC(=O)N1Cc2cnc3cc(Cl)c4c(c3c2C1)O[C@@H](CO)CO4. The molecular weight excluding hydrogens is 348 g/mol. The monoisotopic (exact) mass is 364 g/mol. The summed E-state index contributed by atoms with van der Waals surface area (Å²) >= 11 is 6.29. The van der Waals surface area contributed by atoms with Gasteiger partial charge in [-0.05, 0) is 17.2 Å². The third kappa shape index (κ3) is 2.68. The molecule has 0 spiro atoms. The van der Waals surface area contributed by atoms with Crippen LogP contribution in [-0.2, 0) is 22.6 Å². The van der Waals surface area contributed by atoms with Crippen molar-refractivity contribution in [1.29, 1.82) is 0 Å². The summed E-state index contributed by atoms with van der Waals surface area (Å²) in [6, 6.07) is 1.73. The number of methoxy groups -OCH3 is 1. The molecular formula is C17H17ClN2O5. The van der Waals surface area contributed by atoms with Crippen LogP contribution in [0.1, 0.15) is 11.1 Å². The molecule has 1 atom stereocenters. The number of aromatic nitrogens is 1. The average molecular weight is 365 g/mol. The Bertz CT molecular complexity index is 857. The van der Waals surface area contributed by atoms with Crippen molar-refractivity contribution in [2.45, 2.75) is 19.2 Å². The molecule has 0 aliphatic carbocycles.